The fourth-order valence-corrected chi connectivity index (χ4v) is 1.15. The Hall–Kier alpha value is -0.570. The first-order chi connectivity index (χ1) is 4.72. The van der Waals surface area contributed by atoms with Gasteiger partial charge in [-0.05, 0) is 12.3 Å². The van der Waals surface area contributed by atoms with Crippen molar-refractivity contribution in [1.82, 2.24) is 0 Å². The number of aliphatic carboxylic acids is 1. The standard InChI is InChI=1S/C7H12O3/c1-5(7(8)9)6-2-3-10-4-6/h5-6H,2-4H2,1H3,(H,8,9). The summed E-state index contributed by atoms with van der Waals surface area (Å²) in [5.74, 6) is -0.726. The van der Waals surface area contributed by atoms with E-state index in [4.69, 9.17) is 9.84 Å². The molecule has 1 aliphatic heterocycles. The maximum atomic E-state index is 10.4. The summed E-state index contributed by atoms with van der Waals surface area (Å²) >= 11 is 0. The predicted molar refractivity (Wildman–Crippen MR) is 35.7 cm³/mol. The third kappa shape index (κ3) is 1.48. The summed E-state index contributed by atoms with van der Waals surface area (Å²) in [6.07, 6.45) is 0.896. The van der Waals surface area contributed by atoms with Gasteiger partial charge in [0, 0.05) is 6.61 Å². The molecule has 1 aliphatic rings. The molecule has 58 valence electrons. The molecule has 2 atom stereocenters. The van der Waals surface area contributed by atoms with Crippen molar-refractivity contribution in [2.24, 2.45) is 11.8 Å². The molecule has 1 N–H and O–H groups in total. The van der Waals surface area contributed by atoms with Gasteiger partial charge in [0.25, 0.3) is 0 Å². The van der Waals surface area contributed by atoms with Crippen LogP contribution in [-0.4, -0.2) is 24.3 Å². The van der Waals surface area contributed by atoms with Crippen LogP contribution in [0.15, 0.2) is 0 Å². The number of carboxylic acid groups (broad SMARTS) is 1. The van der Waals surface area contributed by atoms with Crippen LogP contribution in [0.3, 0.4) is 0 Å². The summed E-state index contributed by atoms with van der Waals surface area (Å²) in [7, 11) is 0. The lowest BCUT2D eigenvalue weighted by Gasteiger charge is -2.11. The lowest BCUT2D eigenvalue weighted by atomic mass is 9.94. The fourth-order valence-electron chi connectivity index (χ4n) is 1.15. The number of rotatable bonds is 2. The number of ether oxygens (including phenoxy) is 1. The molecule has 2 unspecified atom stereocenters. The van der Waals surface area contributed by atoms with E-state index in [1.165, 1.54) is 0 Å². The normalized spacial score (nSPS) is 28.3. The van der Waals surface area contributed by atoms with Crippen LogP contribution in [-0.2, 0) is 9.53 Å². The minimum atomic E-state index is -0.712. The van der Waals surface area contributed by atoms with E-state index in [9.17, 15) is 4.79 Å². The summed E-state index contributed by atoms with van der Waals surface area (Å²) in [5, 5.41) is 8.59. The molecule has 1 heterocycles. The average Bonchev–Trinajstić information content (AvgIpc) is 2.36. The first-order valence-corrected chi connectivity index (χ1v) is 3.52. The Morgan fingerprint density at radius 2 is 2.50 bits per heavy atom. The van der Waals surface area contributed by atoms with Gasteiger partial charge in [0.05, 0.1) is 12.5 Å². The van der Waals surface area contributed by atoms with E-state index >= 15 is 0 Å². The summed E-state index contributed by atoms with van der Waals surface area (Å²) in [4.78, 5) is 10.4. The summed E-state index contributed by atoms with van der Waals surface area (Å²) in [5.41, 5.74) is 0. The number of carboxylic acids is 1. The second-order valence-corrected chi connectivity index (χ2v) is 2.75. The zero-order valence-corrected chi connectivity index (χ0v) is 6.04. The molecule has 0 aliphatic carbocycles. The Bertz CT molecular complexity index is 127. The summed E-state index contributed by atoms with van der Waals surface area (Å²) in [6.45, 7) is 3.08. The smallest absolute Gasteiger partial charge is 0.306 e. The lowest BCUT2D eigenvalue weighted by Crippen LogP contribution is -2.20. The van der Waals surface area contributed by atoms with Crippen LogP contribution in [0.25, 0.3) is 0 Å². The van der Waals surface area contributed by atoms with Gasteiger partial charge < -0.3 is 9.84 Å². The molecule has 1 fully saturated rings. The fraction of sp³-hybridized carbons (Fsp3) is 0.857. The maximum Gasteiger partial charge on any atom is 0.306 e. The molecule has 1 rings (SSSR count). The van der Waals surface area contributed by atoms with Crippen LogP contribution >= 0.6 is 0 Å². The molecule has 0 aromatic rings. The molecule has 0 bridgehead atoms. The van der Waals surface area contributed by atoms with E-state index in [0.717, 1.165) is 13.0 Å². The molecule has 0 spiro atoms. The van der Waals surface area contributed by atoms with Crippen LogP contribution in [0.4, 0.5) is 0 Å². The summed E-state index contributed by atoms with van der Waals surface area (Å²) in [6, 6.07) is 0. The first-order valence-electron chi connectivity index (χ1n) is 3.52. The Morgan fingerprint density at radius 1 is 1.80 bits per heavy atom. The second-order valence-electron chi connectivity index (χ2n) is 2.75. The van der Waals surface area contributed by atoms with Crippen LogP contribution in [0.1, 0.15) is 13.3 Å². The van der Waals surface area contributed by atoms with Crippen LogP contribution in [0, 0.1) is 11.8 Å². The monoisotopic (exact) mass is 144 g/mol. The Balaban J connectivity index is 2.39. The molecule has 1 saturated heterocycles. The van der Waals surface area contributed by atoms with Gasteiger partial charge in [-0.25, -0.2) is 0 Å². The molecule has 0 aromatic carbocycles. The Kier molecular flexibility index (Phi) is 2.27. The van der Waals surface area contributed by atoms with Gasteiger partial charge in [-0.3, -0.25) is 4.79 Å². The van der Waals surface area contributed by atoms with Gasteiger partial charge in [-0.15, -0.1) is 0 Å². The van der Waals surface area contributed by atoms with Crippen LogP contribution in [0.2, 0.25) is 0 Å². The van der Waals surface area contributed by atoms with Gasteiger partial charge in [-0.1, -0.05) is 6.92 Å². The molecule has 0 aromatic heterocycles. The molecule has 0 radical (unpaired) electrons. The van der Waals surface area contributed by atoms with E-state index < -0.39 is 5.97 Å². The third-order valence-corrected chi connectivity index (χ3v) is 2.06. The highest BCUT2D eigenvalue weighted by Gasteiger charge is 2.26. The minimum absolute atomic E-state index is 0.234. The van der Waals surface area contributed by atoms with Gasteiger partial charge in [0.15, 0.2) is 0 Å². The van der Waals surface area contributed by atoms with Crippen molar-refractivity contribution < 1.29 is 14.6 Å². The molecular weight excluding hydrogens is 132 g/mol. The van der Waals surface area contributed by atoms with E-state index in [2.05, 4.69) is 0 Å². The molecule has 0 saturated carbocycles. The van der Waals surface area contributed by atoms with Crippen molar-refractivity contribution in [2.75, 3.05) is 13.2 Å². The average molecular weight is 144 g/mol. The number of hydrogen-bond donors (Lipinski definition) is 1. The van der Waals surface area contributed by atoms with Crippen molar-refractivity contribution in [3.05, 3.63) is 0 Å². The molecule has 3 heteroatoms. The van der Waals surface area contributed by atoms with Crippen molar-refractivity contribution in [3.63, 3.8) is 0 Å². The van der Waals surface area contributed by atoms with Gasteiger partial charge in [0.1, 0.15) is 0 Å². The largest absolute Gasteiger partial charge is 0.481 e. The zero-order valence-electron chi connectivity index (χ0n) is 6.04. The van der Waals surface area contributed by atoms with Gasteiger partial charge >= 0.3 is 5.97 Å². The lowest BCUT2D eigenvalue weighted by molar-refractivity contribution is -0.142. The highest BCUT2D eigenvalue weighted by atomic mass is 16.5. The molecule has 3 nitrogen and oxygen atoms in total. The number of carbonyl (C=O) groups is 1. The minimum Gasteiger partial charge on any atom is -0.481 e. The maximum absolute atomic E-state index is 10.4. The molecule has 0 amide bonds. The van der Waals surface area contributed by atoms with E-state index in [-0.39, 0.29) is 11.8 Å². The number of hydrogen-bond acceptors (Lipinski definition) is 2. The highest BCUT2D eigenvalue weighted by Crippen LogP contribution is 2.21. The SMILES string of the molecule is CC(C(=O)O)C1CCOC1. The van der Waals surface area contributed by atoms with Crippen LogP contribution < -0.4 is 0 Å². The zero-order chi connectivity index (χ0) is 7.56. The second kappa shape index (κ2) is 3.01. The molecular formula is C7H12O3. The van der Waals surface area contributed by atoms with Crippen molar-refractivity contribution in [3.8, 4) is 0 Å². The molecule has 10 heavy (non-hydrogen) atoms. The highest BCUT2D eigenvalue weighted by molar-refractivity contribution is 5.69. The van der Waals surface area contributed by atoms with Crippen molar-refractivity contribution in [1.29, 1.82) is 0 Å². The Morgan fingerprint density at radius 3 is 2.90 bits per heavy atom. The van der Waals surface area contributed by atoms with E-state index in [1.807, 2.05) is 0 Å². The quantitative estimate of drug-likeness (QED) is 0.621. The predicted octanol–water partition coefficient (Wildman–Crippen LogP) is 0.744. The van der Waals surface area contributed by atoms with Crippen LogP contribution in [0.5, 0.6) is 0 Å². The van der Waals surface area contributed by atoms with Gasteiger partial charge in [-0.2, -0.15) is 0 Å². The Labute approximate surface area is 60.0 Å². The topological polar surface area (TPSA) is 46.5 Å². The van der Waals surface area contributed by atoms with E-state index in [1.54, 1.807) is 6.92 Å². The first kappa shape index (κ1) is 7.54. The third-order valence-electron chi connectivity index (χ3n) is 2.06. The summed E-state index contributed by atoms with van der Waals surface area (Å²) < 4.78 is 5.07. The van der Waals surface area contributed by atoms with Gasteiger partial charge in [0.2, 0.25) is 0 Å². The van der Waals surface area contributed by atoms with Crippen molar-refractivity contribution in [2.45, 2.75) is 13.3 Å². The van der Waals surface area contributed by atoms with E-state index in [0.29, 0.717) is 6.61 Å². The van der Waals surface area contributed by atoms with Crippen molar-refractivity contribution >= 4 is 5.97 Å².